The lowest BCUT2D eigenvalue weighted by atomic mass is 10.2. The highest BCUT2D eigenvalue weighted by molar-refractivity contribution is 5.92. The molecular formula is C12H16N2O. The fraction of sp³-hybridized carbons (Fsp3) is 0.500. The largest absolute Gasteiger partial charge is 0.337 e. The third-order valence-corrected chi connectivity index (χ3v) is 3.12. The maximum Gasteiger partial charge on any atom is 0.272 e. The van der Waals surface area contributed by atoms with E-state index in [9.17, 15) is 4.79 Å². The summed E-state index contributed by atoms with van der Waals surface area (Å²) in [6.07, 6.45) is 4.16. The van der Waals surface area contributed by atoms with Gasteiger partial charge in [-0.05, 0) is 37.8 Å². The second-order valence-corrected chi connectivity index (χ2v) is 4.21. The van der Waals surface area contributed by atoms with E-state index < -0.39 is 0 Å². The molecule has 3 nitrogen and oxygen atoms in total. The highest BCUT2D eigenvalue weighted by atomic mass is 16.2. The molecule has 0 radical (unpaired) electrons. The third-order valence-electron chi connectivity index (χ3n) is 3.12. The zero-order valence-corrected chi connectivity index (χ0v) is 9.18. The first-order valence-electron chi connectivity index (χ1n) is 5.38. The van der Waals surface area contributed by atoms with Gasteiger partial charge in [-0.1, -0.05) is 6.07 Å². The van der Waals surface area contributed by atoms with Crippen LogP contribution in [0.15, 0.2) is 24.4 Å². The second kappa shape index (κ2) is 4.01. The molecule has 1 aromatic heterocycles. The van der Waals surface area contributed by atoms with Crippen molar-refractivity contribution in [1.29, 1.82) is 0 Å². The van der Waals surface area contributed by atoms with Crippen molar-refractivity contribution in [3.05, 3.63) is 30.1 Å². The summed E-state index contributed by atoms with van der Waals surface area (Å²) in [4.78, 5) is 17.9. The third kappa shape index (κ3) is 2.17. The number of nitrogens with zero attached hydrogens (tertiary/aromatic N) is 2. The van der Waals surface area contributed by atoms with Crippen molar-refractivity contribution in [2.45, 2.75) is 25.8 Å². The molecule has 0 saturated heterocycles. The van der Waals surface area contributed by atoms with Crippen LogP contribution in [0.4, 0.5) is 0 Å². The van der Waals surface area contributed by atoms with Gasteiger partial charge in [-0.2, -0.15) is 0 Å². The molecular weight excluding hydrogens is 188 g/mol. The Morgan fingerprint density at radius 3 is 2.80 bits per heavy atom. The molecule has 1 aromatic rings. The molecule has 0 aromatic carbocycles. The maximum absolute atomic E-state index is 12.0. The van der Waals surface area contributed by atoms with Gasteiger partial charge >= 0.3 is 0 Å². The van der Waals surface area contributed by atoms with Crippen molar-refractivity contribution in [3.63, 3.8) is 0 Å². The Labute approximate surface area is 90.1 Å². The van der Waals surface area contributed by atoms with Gasteiger partial charge in [0.25, 0.3) is 5.91 Å². The summed E-state index contributed by atoms with van der Waals surface area (Å²) in [5, 5.41) is 0. The van der Waals surface area contributed by atoms with Crippen molar-refractivity contribution >= 4 is 5.91 Å². The molecule has 0 aliphatic heterocycles. The van der Waals surface area contributed by atoms with Crippen molar-refractivity contribution in [2.75, 3.05) is 7.05 Å². The number of carbonyl (C=O) groups is 1. The molecule has 1 aliphatic rings. The Hall–Kier alpha value is -1.38. The van der Waals surface area contributed by atoms with E-state index in [1.807, 2.05) is 19.2 Å². The quantitative estimate of drug-likeness (QED) is 0.754. The van der Waals surface area contributed by atoms with E-state index in [0.717, 1.165) is 0 Å². The van der Waals surface area contributed by atoms with Crippen molar-refractivity contribution < 1.29 is 4.79 Å². The van der Waals surface area contributed by atoms with Crippen LogP contribution in [-0.2, 0) is 0 Å². The molecule has 1 atom stereocenters. The zero-order valence-electron chi connectivity index (χ0n) is 9.18. The van der Waals surface area contributed by atoms with Crippen LogP contribution in [0.25, 0.3) is 0 Å². The smallest absolute Gasteiger partial charge is 0.272 e. The first-order valence-corrected chi connectivity index (χ1v) is 5.38. The molecule has 1 fully saturated rings. The zero-order chi connectivity index (χ0) is 10.8. The van der Waals surface area contributed by atoms with Crippen LogP contribution < -0.4 is 0 Å². The summed E-state index contributed by atoms with van der Waals surface area (Å²) in [6.45, 7) is 2.11. The number of carbonyl (C=O) groups excluding carboxylic acids is 1. The summed E-state index contributed by atoms with van der Waals surface area (Å²) >= 11 is 0. The average Bonchev–Trinajstić information content (AvgIpc) is 3.11. The minimum Gasteiger partial charge on any atom is -0.337 e. The van der Waals surface area contributed by atoms with Gasteiger partial charge < -0.3 is 4.90 Å². The standard InChI is InChI=1S/C12H16N2O/c1-9(10-6-7-10)14(2)12(15)11-5-3-4-8-13-11/h3-5,8-10H,6-7H2,1-2H3. The van der Waals surface area contributed by atoms with Gasteiger partial charge in [0.1, 0.15) is 5.69 Å². The SMILES string of the molecule is CC(C1CC1)N(C)C(=O)c1ccccn1. The Kier molecular flexibility index (Phi) is 2.71. The van der Waals surface area contributed by atoms with Gasteiger partial charge in [-0.25, -0.2) is 0 Å². The Bertz CT molecular complexity index is 346. The molecule has 1 heterocycles. The molecule has 1 saturated carbocycles. The van der Waals surface area contributed by atoms with Crippen molar-refractivity contribution in [2.24, 2.45) is 5.92 Å². The van der Waals surface area contributed by atoms with E-state index >= 15 is 0 Å². The Morgan fingerprint density at radius 1 is 1.53 bits per heavy atom. The summed E-state index contributed by atoms with van der Waals surface area (Å²) < 4.78 is 0. The number of aromatic nitrogens is 1. The minimum atomic E-state index is 0.0231. The molecule has 3 heteroatoms. The highest BCUT2D eigenvalue weighted by Crippen LogP contribution is 2.34. The number of hydrogen-bond donors (Lipinski definition) is 0. The summed E-state index contributed by atoms with van der Waals surface area (Å²) in [5.74, 6) is 0.720. The second-order valence-electron chi connectivity index (χ2n) is 4.21. The molecule has 1 unspecified atom stereocenters. The fourth-order valence-corrected chi connectivity index (χ4v) is 1.75. The predicted octanol–water partition coefficient (Wildman–Crippen LogP) is 1.95. The van der Waals surface area contributed by atoms with Crippen LogP contribution in [0, 0.1) is 5.92 Å². The van der Waals surface area contributed by atoms with Crippen LogP contribution in [0.2, 0.25) is 0 Å². The molecule has 15 heavy (non-hydrogen) atoms. The molecule has 1 amide bonds. The van der Waals surface area contributed by atoms with E-state index in [4.69, 9.17) is 0 Å². The first-order chi connectivity index (χ1) is 7.20. The summed E-state index contributed by atoms with van der Waals surface area (Å²) in [5.41, 5.74) is 0.535. The topological polar surface area (TPSA) is 33.2 Å². The molecule has 2 rings (SSSR count). The number of pyridine rings is 1. The van der Waals surface area contributed by atoms with Gasteiger partial charge in [-0.3, -0.25) is 9.78 Å². The van der Waals surface area contributed by atoms with Gasteiger partial charge in [0.05, 0.1) is 0 Å². The lowest BCUT2D eigenvalue weighted by Gasteiger charge is -2.24. The van der Waals surface area contributed by atoms with E-state index in [-0.39, 0.29) is 5.91 Å². The molecule has 80 valence electrons. The van der Waals surface area contributed by atoms with E-state index in [0.29, 0.717) is 17.7 Å². The molecule has 1 aliphatic carbocycles. The van der Waals surface area contributed by atoms with Gasteiger partial charge in [0, 0.05) is 19.3 Å². The lowest BCUT2D eigenvalue weighted by Crippen LogP contribution is -2.36. The fourth-order valence-electron chi connectivity index (χ4n) is 1.75. The van der Waals surface area contributed by atoms with E-state index in [1.165, 1.54) is 12.8 Å². The van der Waals surface area contributed by atoms with Crippen molar-refractivity contribution in [3.8, 4) is 0 Å². The Balaban J connectivity index is 2.07. The van der Waals surface area contributed by atoms with Crippen LogP contribution >= 0.6 is 0 Å². The number of amides is 1. The predicted molar refractivity (Wildman–Crippen MR) is 58.5 cm³/mol. The van der Waals surface area contributed by atoms with Crippen LogP contribution in [0.1, 0.15) is 30.3 Å². The van der Waals surface area contributed by atoms with Gasteiger partial charge in [0.2, 0.25) is 0 Å². The van der Waals surface area contributed by atoms with Crippen LogP contribution in [0.5, 0.6) is 0 Å². The lowest BCUT2D eigenvalue weighted by molar-refractivity contribution is 0.0721. The average molecular weight is 204 g/mol. The summed E-state index contributed by atoms with van der Waals surface area (Å²) in [6, 6.07) is 5.76. The van der Waals surface area contributed by atoms with Crippen molar-refractivity contribution in [1.82, 2.24) is 9.88 Å². The molecule has 0 N–H and O–H groups in total. The first kappa shape index (κ1) is 10.1. The summed E-state index contributed by atoms with van der Waals surface area (Å²) in [7, 11) is 1.86. The van der Waals surface area contributed by atoms with Gasteiger partial charge in [-0.15, -0.1) is 0 Å². The molecule has 0 bridgehead atoms. The normalized spacial score (nSPS) is 17.2. The van der Waals surface area contributed by atoms with E-state index in [2.05, 4.69) is 11.9 Å². The highest BCUT2D eigenvalue weighted by Gasteiger charge is 2.32. The number of hydrogen-bond acceptors (Lipinski definition) is 2. The molecule has 0 spiro atoms. The monoisotopic (exact) mass is 204 g/mol. The van der Waals surface area contributed by atoms with Crippen LogP contribution in [-0.4, -0.2) is 28.9 Å². The maximum atomic E-state index is 12.0. The van der Waals surface area contributed by atoms with Crippen LogP contribution in [0.3, 0.4) is 0 Å². The Morgan fingerprint density at radius 2 is 2.27 bits per heavy atom. The van der Waals surface area contributed by atoms with Gasteiger partial charge in [0.15, 0.2) is 0 Å². The minimum absolute atomic E-state index is 0.0231. The number of rotatable bonds is 3. The van der Waals surface area contributed by atoms with E-state index in [1.54, 1.807) is 17.2 Å².